The van der Waals surface area contributed by atoms with Crippen LogP contribution in [0.2, 0.25) is 0 Å². The minimum atomic E-state index is -0.808. The molecule has 1 aliphatic carbocycles. The van der Waals surface area contributed by atoms with Gasteiger partial charge in [-0.3, -0.25) is 10.1 Å². The molecule has 3 aliphatic rings. The lowest BCUT2D eigenvalue weighted by Crippen LogP contribution is -2.43. The average molecular weight is 390 g/mol. The predicted molar refractivity (Wildman–Crippen MR) is 94.1 cm³/mol. The molecule has 1 saturated carbocycles. The van der Waals surface area contributed by atoms with Gasteiger partial charge < -0.3 is 18.9 Å². The van der Waals surface area contributed by atoms with Crippen LogP contribution in [0.15, 0.2) is 0 Å². The standard InChI is InChI=1S/C18H28ClNO6/c1-10(2)5-6-12-17(3,26-12)15-14(23-4)11(7-18(15)9-24-18)25-16(22)20-13(21)8-19/h10-12,14-15H,5-9H2,1-4H3,(H,20,21,22)/t11-,12+,14-,15-,17-,18+/m1/s1. The molecule has 3 rings (SSSR count). The van der Waals surface area contributed by atoms with Crippen LogP contribution < -0.4 is 5.32 Å². The van der Waals surface area contributed by atoms with Crippen molar-refractivity contribution in [3.8, 4) is 0 Å². The Morgan fingerprint density at radius 3 is 2.62 bits per heavy atom. The van der Waals surface area contributed by atoms with Crippen LogP contribution in [0.3, 0.4) is 0 Å². The molecule has 8 heteroatoms. The lowest BCUT2D eigenvalue weighted by molar-refractivity contribution is -0.118. The van der Waals surface area contributed by atoms with E-state index in [0.29, 0.717) is 18.9 Å². The fraction of sp³-hybridized carbons (Fsp3) is 0.889. The Balaban J connectivity index is 1.67. The van der Waals surface area contributed by atoms with Gasteiger partial charge in [0.15, 0.2) is 0 Å². The summed E-state index contributed by atoms with van der Waals surface area (Å²) in [5.74, 6) is -0.287. The highest BCUT2D eigenvalue weighted by Gasteiger charge is 2.75. The third-order valence-electron chi connectivity index (χ3n) is 5.82. The van der Waals surface area contributed by atoms with E-state index in [9.17, 15) is 9.59 Å². The van der Waals surface area contributed by atoms with Crippen LogP contribution in [0.5, 0.6) is 0 Å². The van der Waals surface area contributed by atoms with Gasteiger partial charge in [-0.05, 0) is 25.7 Å². The number of alkyl carbamates (subject to hydrolysis) is 1. The van der Waals surface area contributed by atoms with E-state index in [0.717, 1.165) is 12.8 Å². The van der Waals surface area contributed by atoms with Crippen molar-refractivity contribution in [2.24, 2.45) is 11.8 Å². The van der Waals surface area contributed by atoms with E-state index in [1.807, 2.05) is 0 Å². The van der Waals surface area contributed by atoms with E-state index in [1.165, 1.54) is 0 Å². The quantitative estimate of drug-likeness (QED) is 0.530. The highest BCUT2D eigenvalue weighted by Crippen LogP contribution is 2.61. The summed E-state index contributed by atoms with van der Waals surface area (Å²) in [5.41, 5.74) is -0.712. The molecule has 1 N–H and O–H groups in total. The maximum Gasteiger partial charge on any atom is 0.414 e. The molecule has 2 heterocycles. The number of nitrogens with one attached hydrogen (secondary N) is 1. The zero-order valence-corrected chi connectivity index (χ0v) is 16.5. The summed E-state index contributed by atoms with van der Waals surface area (Å²) in [6.07, 6.45) is 1.14. The lowest BCUT2D eigenvalue weighted by atomic mass is 9.80. The van der Waals surface area contributed by atoms with Gasteiger partial charge in [-0.25, -0.2) is 4.79 Å². The normalized spacial score (nSPS) is 40.7. The molecular formula is C18H28ClNO6. The molecular weight excluding hydrogens is 362 g/mol. The number of amides is 2. The van der Waals surface area contributed by atoms with E-state index in [4.69, 9.17) is 30.5 Å². The average Bonchev–Trinajstić information content (AvgIpc) is 3.44. The second-order valence-corrected chi connectivity index (χ2v) is 8.39. The summed E-state index contributed by atoms with van der Waals surface area (Å²) < 4.78 is 23.1. The monoisotopic (exact) mass is 389 g/mol. The van der Waals surface area contributed by atoms with Crippen LogP contribution in [0.1, 0.15) is 40.0 Å². The molecule has 148 valence electrons. The van der Waals surface area contributed by atoms with Crippen molar-refractivity contribution in [1.29, 1.82) is 0 Å². The minimum absolute atomic E-state index is 0.0151. The number of rotatable bonds is 7. The van der Waals surface area contributed by atoms with E-state index < -0.39 is 18.1 Å². The number of epoxide rings is 2. The zero-order chi connectivity index (χ0) is 19.1. The third kappa shape index (κ3) is 3.72. The smallest absolute Gasteiger partial charge is 0.414 e. The van der Waals surface area contributed by atoms with E-state index in [1.54, 1.807) is 7.11 Å². The van der Waals surface area contributed by atoms with Gasteiger partial charge in [0.25, 0.3) is 0 Å². The first-order valence-electron chi connectivity index (χ1n) is 9.16. The van der Waals surface area contributed by atoms with Crippen molar-refractivity contribution in [2.75, 3.05) is 19.6 Å². The Morgan fingerprint density at radius 2 is 2.08 bits per heavy atom. The Bertz CT molecular complexity index is 566. The number of carbonyl (C=O) groups is 2. The Hall–Kier alpha value is -0.890. The predicted octanol–water partition coefficient (Wildman–Crippen LogP) is 2.24. The molecule has 6 atom stereocenters. The number of imide groups is 1. The van der Waals surface area contributed by atoms with E-state index in [2.05, 4.69) is 26.1 Å². The topological polar surface area (TPSA) is 89.7 Å². The van der Waals surface area contributed by atoms with Gasteiger partial charge in [-0.2, -0.15) is 0 Å². The molecule has 1 spiro atoms. The molecule has 2 aliphatic heterocycles. The van der Waals surface area contributed by atoms with Gasteiger partial charge in [-0.15, -0.1) is 11.6 Å². The molecule has 7 nitrogen and oxygen atoms in total. The van der Waals surface area contributed by atoms with Crippen molar-refractivity contribution in [2.45, 2.75) is 69.5 Å². The molecule has 3 fully saturated rings. The molecule has 0 unspecified atom stereocenters. The maximum atomic E-state index is 11.9. The van der Waals surface area contributed by atoms with Gasteiger partial charge in [0.05, 0.1) is 18.6 Å². The van der Waals surface area contributed by atoms with E-state index >= 15 is 0 Å². The number of carbonyl (C=O) groups excluding carboxylic acids is 2. The van der Waals surface area contributed by atoms with Gasteiger partial charge in [0.2, 0.25) is 5.91 Å². The van der Waals surface area contributed by atoms with Gasteiger partial charge in [-0.1, -0.05) is 13.8 Å². The summed E-state index contributed by atoms with van der Waals surface area (Å²) in [6, 6.07) is 0. The summed E-state index contributed by atoms with van der Waals surface area (Å²) in [4.78, 5) is 23.2. The van der Waals surface area contributed by atoms with Crippen LogP contribution in [0.4, 0.5) is 4.79 Å². The van der Waals surface area contributed by atoms with Gasteiger partial charge in [0.1, 0.15) is 29.3 Å². The first-order chi connectivity index (χ1) is 12.3. The highest BCUT2D eigenvalue weighted by molar-refractivity contribution is 6.28. The third-order valence-corrected chi connectivity index (χ3v) is 6.06. The first-order valence-corrected chi connectivity index (χ1v) is 9.70. The van der Waals surface area contributed by atoms with Crippen LogP contribution in [0.25, 0.3) is 0 Å². The van der Waals surface area contributed by atoms with Crippen LogP contribution >= 0.6 is 11.6 Å². The lowest BCUT2D eigenvalue weighted by Gasteiger charge is -2.27. The molecule has 2 saturated heterocycles. The second kappa shape index (κ2) is 7.26. The highest BCUT2D eigenvalue weighted by atomic mass is 35.5. The molecule has 0 radical (unpaired) electrons. The van der Waals surface area contributed by atoms with Crippen molar-refractivity contribution < 1.29 is 28.5 Å². The Morgan fingerprint density at radius 1 is 1.38 bits per heavy atom. The van der Waals surface area contributed by atoms with Gasteiger partial charge in [0, 0.05) is 13.5 Å². The van der Waals surface area contributed by atoms with Crippen molar-refractivity contribution in [3.05, 3.63) is 0 Å². The summed E-state index contributed by atoms with van der Waals surface area (Å²) in [5, 5.41) is 2.10. The first kappa shape index (κ1) is 19.9. The van der Waals surface area contributed by atoms with Crippen LogP contribution in [-0.4, -0.2) is 61.1 Å². The summed E-state index contributed by atoms with van der Waals surface area (Å²) >= 11 is 5.40. The summed E-state index contributed by atoms with van der Waals surface area (Å²) in [7, 11) is 1.60. The molecule has 0 bridgehead atoms. The minimum Gasteiger partial charge on any atom is -0.443 e. The summed E-state index contributed by atoms with van der Waals surface area (Å²) in [6.45, 7) is 7.10. The van der Waals surface area contributed by atoms with Gasteiger partial charge >= 0.3 is 6.09 Å². The van der Waals surface area contributed by atoms with Crippen molar-refractivity contribution in [1.82, 2.24) is 5.32 Å². The van der Waals surface area contributed by atoms with Crippen molar-refractivity contribution in [3.63, 3.8) is 0 Å². The zero-order valence-electron chi connectivity index (χ0n) is 15.7. The largest absolute Gasteiger partial charge is 0.443 e. The maximum absolute atomic E-state index is 11.9. The fourth-order valence-corrected chi connectivity index (χ4v) is 4.49. The fourth-order valence-electron chi connectivity index (χ4n) is 4.42. The van der Waals surface area contributed by atoms with Crippen molar-refractivity contribution >= 4 is 23.6 Å². The SMILES string of the molecule is CO[C@@H]1[C@H](OC(=O)NC(=O)CCl)C[C@]2(CO2)[C@H]1[C@]1(C)O[C@H]1CCC(C)C. The second-order valence-electron chi connectivity index (χ2n) is 8.12. The number of alkyl halides is 1. The molecule has 2 amide bonds. The number of hydrogen-bond donors (Lipinski definition) is 1. The number of methoxy groups -OCH3 is 1. The molecule has 0 aromatic rings. The molecule has 0 aromatic heterocycles. The Kier molecular flexibility index (Phi) is 5.55. The number of ether oxygens (including phenoxy) is 4. The molecule has 0 aromatic carbocycles. The number of hydrogen-bond acceptors (Lipinski definition) is 6. The van der Waals surface area contributed by atoms with Crippen LogP contribution in [0, 0.1) is 11.8 Å². The Labute approximate surface area is 159 Å². The molecule has 26 heavy (non-hydrogen) atoms. The number of halogens is 1. The van der Waals surface area contributed by atoms with E-state index in [-0.39, 0.29) is 35.2 Å². The van der Waals surface area contributed by atoms with Crippen LogP contribution in [-0.2, 0) is 23.7 Å².